The number of nitrogens with two attached hydrogens (primary N) is 1. The summed E-state index contributed by atoms with van der Waals surface area (Å²) in [5, 5.41) is 19.2. The quantitative estimate of drug-likeness (QED) is 0.655. The Morgan fingerprint density at radius 1 is 1.68 bits per heavy atom. The smallest absolute Gasteiger partial charge is 0.351 e. The Morgan fingerprint density at radius 2 is 2.37 bits per heavy atom. The summed E-state index contributed by atoms with van der Waals surface area (Å²) in [5.41, 5.74) is 3.02. The van der Waals surface area contributed by atoms with E-state index >= 15 is 0 Å². The second-order valence-corrected chi connectivity index (χ2v) is 4.71. The fourth-order valence-electron chi connectivity index (χ4n) is 2.27. The van der Waals surface area contributed by atoms with Crippen molar-refractivity contribution in [2.75, 3.05) is 19.0 Å². The minimum absolute atomic E-state index is 0.0614. The zero-order valence-corrected chi connectivity index (χ0v) is 10.4. The number of halogens is 1. The molecule has 106 valence electrons. The lowest BCUT2D eigenvalue weighted by Gasteiger charge is -2.26. The molecule has 0 bridgehead atoms. The molecule has 4 atom stereocenters. The highest BCUT2D eigenvalue weighted by Crippen LogP contribution is 2.40. The molecule has 2 rings (SSSR count). The predicted octanol–water partition coefficient (Wildman–Crippen LogP) is -0.948. The number of rotatable bonds is 3. The van der Waals surface area contributed by atoms with Gasteiger partial charge in [0, 0.05) is 12.1 Å². The third-order valence-corrected chi connectivity index (χ3v) is 3.46. The summed E-state index contributed by atoms with van der Waals surface area (Å²) in [5.74, 6) is -0.516. The standard InChI is InChI=1S/C11H16FN3O4/c1-6-8(17)11(4-12,5-16)19-9(6)15-3-2-7(13)14-10(15)18/h2-3,6,8-9,16-17H,4-5H2,1H3,(H2,13,14,18)/t6-,8-,9?,11+/m0/s1. The van der Waals surface area contributed by atoms with E-state index in [2.05, 4.69) is 4.98 Å². The number of anilines is 1. The van der Waals surface area contributed by atoms with Gasteiger partial charge >= 0.3 is 5.69 Å². The van der Waals surface area contributed by atoms with Gasteiger partial charge in [-0.2, -0.15) is 4.98 Å². The van der Waals surface area contributed by atoms with Crippen molar-refractivity contribution in [1.29, 1.82) is 0 Å². The van der Waals surface area contributed by atoms with Crippen molar-refractivity contribution in [3.05, 3.63) is 22.7 Å². The van der Waals surface area contributed by atoms with Crippen LogP contribution in [0.25, 0.3) is 0 Å². The largest absolute Gasteiger partial charge is 0.393 e. The number of hydrogen-bond acceptors (Lipinski definition) is 6. The normalized spacial score (nSPS) is 34.6. The summed E-state index contributed by atoms with van der Waals surface area (Å²) in [6.45, 7) is -0.128. The predicted molar refractivity (Wildman–Crippen MR) is 64.0 cm³/mol. The van der Waals surface area contributed by atoms with Gasteiger partial charge in [-0.1, -0.05) is 6.92 Å². The van der Waals surface area contributed by atoms with E-state index in [-0.39, 0.29) is 5.82 Å². The van der Waals surface area contributed by atoms with Gasteiger partial charge in [-0.25, -0.2) is 9.18 Å². The van der Waals surface area contributed by atoms with Gasteiger partial charge in [-0.05, 0) is 6.07 Å². The van der Waals surface area contributed by atoms with Crippen LogP contribution in [0.3, 0.4) is 0 Å². The molecule has 0 spiro atoms. The molecule has 7 nitrogen and oxygen atoms in total. The summed E-state index contributed by atoms with van der Waals surface area (Å²) in [6.07, 6.45) is -0.764. The van der Waals surface area contributed by atoms with Crippen molar-refractivity contribution in [3.63, 3.8) is 0 Å². The molecule has 0 radical (unpaired) electrons. The molecule has 0 aliphatic carbocycles. The second-order valence-electron chi connectivity index (χ2n) is 4.71. The molecule has 2 heterocycles. The molecule has 0 amide bonds. The van der Waals surface area contributed by atoms with E-state index in [1.807, 2.05) is 0 Å². The maximum Gasteiger partial charge on any atom is 0.351 e. The molecule has 1 saturated heterocycles. The van der Waals surface area contributed by atoms with Gasteiger partial charge in [0.15, 0.2) is 0 Å². The van der Waals surface area contributed by atoms with Crippen LogP contribution in [0.5, 0.6) is 0 Å². The first-order valence-electron chi connectivity index (χ1n) is 5.82. The van der Waals surface area contributed by atoms with Gasteiger partial charge in [0.05, 0.1) is 12.7 Å². The van der Waals surface area contributed by atoms with Gasteiger partial charge in [0.2, 0.25) is 0 Å². The lowest BCUT2D eigenvalue weighted by Crippen LogP contribution is -2.46. The first-order valence-corrected chi connectivity index (χ1v) is 5.82. The topological polar surface area (TPSA) is 111 Å². The monoisotopic (exact) mass is 273 g/mol. The van der Waals surface area contributed by atoms with Crippen LogP contribution in [0.1, 0.15) is 13.2 Å². The Hall–Kier alpha value is -1.51. The van der Waals surface area contributed by atoms with Crippen molar-refractivity contribution < 1.29 is 19.3 Å². The van der Waals surface area contributed by atoms with E-state index in [9.17, 15) is 19.4 Å². The van der Waals surface area contributed by atoms with Gasteiger partial charge in [0.1, 0.15) is 24.3 Å². The van der Waals surface area contributed by atoms with Crippen molar-refractivity contribution in [2.24, 2.45) is 5.92 Å². The summed E-state index contributed by atoms with van der Waals surface area (Å²) in [4.78, 5) is 15.3. The Balaban J connectivity index is 2.39. The lowest BCUT2D eigenvalue weighted by atomic mass is 9.92. The van der Waals surface area contributed by atoms with Crippen LogP contribution in [0.2, 0.25) is 0 Å². The highest BCUT2D eigenvalue weighted by Gasteiger charge is 2.53. The molecule has 1 fully saturated rings. The molecule has 1 unspecified atom stereocenters. The van der Waals surface area contributed by atoms with Crippen LogP contribution in [0.4, 0.5) is 10.2 Å². The van der Waals surface area contributed by atoms with Gasteiger partial charge < -0.3 is 20.7 Å². The summed E-state index contributed by atoms with van der Waals surface area (Å²) in [6, 6.07) is 1.40. The highest BCUT2D eigenvalue weighted by atomic mass is 19.1. The number of nitrogen functional groups attached to an aromatic ring is 1. The molecule has 1 aromatic rings. The fourth-order valence-corrected chi connectivity index (χ4v) is 2.27. The Labute approximate surface area is 108 Å². The second kappa shape index (κ2) is 4.87. The maximum absolute atomic E-state index is 13.1. The summed E-state index contributed by atoms with van der Waals surface area (Å²) < 4.78 is 19.6. The molecule has 1 aliphatic rings. The van der Waals surface area contributed by atoms with E-state index < -0.39 is 42.8 Å². The van der Waals surface area contributed by atoms with E-state index in [0.717, 1.165) is 4.57 Å². The van der Waals surface area contributed by atoms with Crippen molar-refractivity contribution in [2.45, 2.75) is 24.9 Å². The van der Waals surface area contributed by atoms with E-state index in [4.69, 9.17) is 10.5 Å². The average Bonchev–Trinajstić information content (AvgIpc) is 2.64. The molecule has 0 saturated carbocycles. The first-order chi connectivity index (χ1) is 8.95. The third-order valence-electron chi connectivity index (χ3n) is 3.46. The number of nitrogens with zero attached hydrogens (tertiary/aromatic N) is 2. The summed E-state index contributed by atoms with van der Waals surface area (Å²) in [7, 11) is 0. The number of alkyl halides is 1. The van der Waals surface area contributed by atoms with Gasteiger partial charge in [-0.3, -0.25) is 4.57 Å². The Morgan fingerprint density at radius 3 is 2.84 bits per heavy atom. The van der Waals surface area contributed by atoms with Crippen LogP contribution in [-0.2, 0) is 4.74 Å². The number of aliphatic hydroxyl groups is 2. The van der Waals surface area contributed by atoms with Crippen LogP contribution in [0.15, 0.2) is 17.1 Å². The molecule has 4 N–H and O–H groups in total. The zero-order valence-electron chi connectivity index (χ0n) is 10.4. The van der Waals surface area contributed by atoms with Gasteiger partial charge in [-0.15, -0.1) is 0 Å². The molecule has 1 aromatic heterocycles. The fraction of sp³-hybridized carbons (Fsp3) is 0.636. The van der Waals surface area contributed by atoms with Crippen LogP contribution < -0.4 is 11.4 Å². The highest BCUT2D eigenvalue weighted by molar-refractivity contribution is 5.23. The molecular formula is C11H16FN3O4. The van der Waals surface area contributed by atoms with E-state index in [0.29, 0.717) is 0 Å². The van der Waals surface area contributed by atoms with Crippen LogP contribution >= 0.6 is 0 Å². The number of hydrogen-bond donors (Lipinski definition) is 3. The number of aromatic nitrogens is 2. The first kappa shape index (κ1) is 13.9. The van der Waals surface area contributed by atoms with Crippen molar-refractivity contribution >= 4 is 5.82 Å². The van der Waals surface area contributed by atoms with Crippen molar-refractivity contribution in [1.82, 2.24) is 9.55 Å². The maximum atomic E-state index is 13.1. The van der Waals surface area contributed by atoms with Gasteiger partial charge in [0.25, 0.3) is 0 Å². The zero-order chi connectivity index (χ0) is 14.2. The van der Waals surface area contributed by atoms with E-state index in [1.54, 1.807) is 6.92 Å². The molecule has 0 aromatic carbocycles. The van der Waals surface area contributed by atoms with E-state index in [1.165, 1.54) is 12.3 Å². The Kier molecular flexibility index (Phi) is 3.57. The third kappa shape index (κ3) is 2.11. The molecule has 19 heavy (non-hydrogen) atoms. The van der Waals surface area contributed by atoms with Crippen molar-refractivity contribution in [3.8, 4) is 0 Å². The Bertz CT molecular complexity index is 517. The molecule has 8 heteroatoms. The van der Waals surface area contributed by atoms with Crippen LogP contribution in [-0.4, -0.2) is 44.8 Å². The minimum atomic E-state index is -1.70. The lowest BCUT2D eigenvalue weighted by molar-refractivity contribution is -0.138. The minimum Gasteiger partial charge on any atom is -0.393 e. The van der Waals surface area contributed by atoms with Crippen LogP contribution in [0, 0.1) is 5.92 Å². The average molecular weight is 273 g/mol. The molecule has 1 aliphatic heterocycles. The number of aliphatic hydroxyl groups excluding tert-OH is 2. The number of ether oxygens (including phenoxy) is 1. The SMILES string of the molecule is C[C@@H]1C(n2ccc(N)nc2=O)O[C@@](CO)(CF)[C@H]1O. The molecular weight excluding hydrogens is 257 g/mol. The summed E-state index contributed by atoms with van der Waals surface area (Å²) >= 11 is 0.